The highest BCUT2D eigenvalue weighted by Gasteiger charge is 2.07. The molecule has 0 unspecified atom stereocenters. The van der Waals surface area contributed by atoms with E-state index in [-0.39, 0.29) is 0 Å². The lowest BCUT2D eigenvalue weighted by Crippen LogP contribution is -2.12. The number of hydrogen-bond acceptors (Lipinski definition) is 3. The number of nitrogens with two attached hydrogens (primary N) is 1. The standard InChI is InChI=1S/C15H13ClN2O3S/c16-14-4-2-1-3-11(14)9-10-22(20,21)18-13-7-5-12(6-8-13)15(17)19/h1-10,18H,(H2,17,19). The highest BCUT2D eigenvalue weighted by Crippen LogP contribution is 2.17. The second kappa shape index (κ2) is 6.64. The summed E-state index contributed by atoms with van der Waals surface area (Å²) in [5, 5.41) is 1.48. The van der Waals surface area contributed by atoms with Crippen molar-refractivity contribution < 1.29 is 13.2 Å². The third kappa shape index (κ3) is 4.34. The minimum atomic E-state index is -3.69. The lowest BCUT2D eigenvalue weighted by Gasteiger charge is -2.05. The van der Waals surface area contributed by atoms with Crippen LogP contribution in [0.25, 0.3) is 6.08 Å². The molecule has 0 aromatic heterocycles. The van der Waals surface area contributed by atoms with Gasteiger partial charge in [-0.25, -0.2) is 8.42 Å². The molecule has 0 aliphatic heterocycles. The molecule has 0 saturated carbocycles. The molecule has 22 heavy (non-hydrogen) atoms. The van der Waals surface area contributed by atoms with Crippen LogP contribution in [0.2, 0.25) is 5.02 Å². The molecule has 2 aromatic rings. The van der Waals surface area contributed by atoms with E-state index in [1.807, 2.05) is 0 Å². The van der Waals surface area contributed by atoms with E-state index >= 15 is 0 Å². The van der Waals surface area contributed by atoms with Crippen molar-refractivity contribution in [1.29, 1.82) is 0 Å². The van der Waals surface area contributed by atoms with Crippen molar-refractivity contribution in [3.63, 3.8) is 0 Å². The van der Waals surface area contributed by atoms with Crippen LogP contribution in [0.15, 0.2) is 53.9 Å². The van der Waals surface area contributed by atoms with Crippen LogP contribution in [0.1, 0.15) is 15.9 Å². The number of amides is 1. The van der Waals surface area contributed by atoms with E-state index < -0.39 is 15.9 Å². The van der Waals surface area contributed by atoms with Gasteiger partial charge in [-0.3, -0.25) is 9.52 Å². The Morgan fingerprint density at radius 3 is 2.32 bits per heavy atom. The monoisotopic (exact) mass is 336 g/mol. The molecule has 0 fully saturated rings. The molecule has 0 saturated heterocycles. The highest BCUT2D eigenvalue weighted by molar-refractivity contribution is 7.95. The Morgan fingerprint density at radius 2 is 1.73 bits per heavy atom. The van der Waals surface area contributed by atoms with Gasteiger partial charge in [0.25, 0.3) is 10.0 Å². The topological polar surface area (TPSA) is 89.3 Å². The molecule has 0 atom stereocenters. The average Bonchev–Trinajstić information content (AvgIpc) is 2.46. The maximum Gasteiger partial charge on any atom is 0.255 e. The zero-order valence-electron chi connectivity index (χ0n) is 11.4. The van der Waals surface area contributed by atoms with Gasteiger partial charge in [-0.1, -0.05) is 29.8 Å². The second-order valence-corrected chi connectivity index (χ2v) is 6.39. The van der Waals surface area contributed by atoms with Crippen LogP contribution in [0.3, 0.4) is 0 Å². The summed E-state index contributed by atoms with van der Waals surface area (Å²) >= 11 is 5.95. The average molecular weight is 337 g/mol. The molecule has 0 aliphatic rings. The summed E-state index contributed by atoms with van der Waals surface area (Å²) in [6.45, 7) is 0. The summed E-state index contributed by atoms with van der Waals surface area (Å²) in [6, 6.07) is 12.7. The van der Waals surface area contributed by atoms with Crippen molar-refractivity contribution >= 4 is 39.3 Å². The van der Waals surface area contributed by atoms with Gasteiger partial charge in [0.05, 0.1) is 5.41 Å². The first-order chi connectivity index (χ1) is 10.4. The van der Waals surface area contributed by atoms with E-state index in [0.29, 0.717) is 21.8 Å². The van der Waals surface area contributed by atoms with Gasteiger partial charge in [-0.2, -0.15) is 0 Å². The molecule has 0 heterocycles. The van der Waals surface area contributed by atoms with Gasteiger partial charge >= 0.3 is 0 Å². The number of benzene rings is 2. The number of hydrogen-bond donors (Lipinski definition) is 2. The number of carbonyl (C=O) groups is 1. The van der Waals surface area contributed by atoms with Gasteiger partial charge in [0, 0.05) is 16.3 Å². The number of sulfonamides is 1. The van der Waals surface area contributed by atoms with E-state index in [1.54, 1.807) is 24.3 Å². The molecule has 5 nitrogen and oxygen atoms in total. The summed E-state index contributed by atoms with van der Waals surface area (Å²) in [4.78, 5) is 10.9. The zero-order chi connectivity index (χ0) is 16.2. The van der Waals surface area contributed by atoms with E-state index in [2.05, 4.69) is 4.72 Å². The normalized spacial score (nSPS) is 11.5. The molecule has 7 heteroatoms. The molecule has 0 spiro atoms. The third-order valence-electron chi connectivity index (χ3n) is 2.76. The van der Waals surface area contributed by atoms with E-state index in [0.717, 1.165) is 5.41 Å². The van der Waals surface area contributed by atoms with Crippen LogP contribution in [-0.4, -0.2) is 14.3 Å². The molecular formula is C15H13ClN2O3S. The summed E-state index contributed by atoms with van der Waals surface area (Å²) in [6.07, 6.45) is 1.41. The molecule has 0 radical (unpaired) electrons. The fourth-order valence-electron chi connectivity index (χ4n) is 1.67. The van der Waals surface area contributed by atoms with Gasteiger partial charge in [-0.15, -0.1) is 0 Å². The van der Waals surface area contributed by atoms with Crippen molar-refractivity contribution in [3.05, 3.63) is 70.1 Å². The maximum absolute atomic E-state index is 12.0. The summed E-state index contributed by atoms with van der Waals surface area (Å²) in [5.74, 6) is -0.576. The van der Waals surface area contributed by atoms with Gasteiger partial charge < -0.3 is 5.73 Å². The van der Waals surface area contributed by atoms with Gasteiger partial charge in [-0.05, 0) is 42.0 Å². The minimum Gasteiger partial charge on any atom is -0.366 e. The fraction of sp³-hybridized carbons (Fsp3) is 0. The van der Waals surface area contributed by atoms with Gasteiger partial charge in [0.15, 0.2) is 0 Å². The first kappa shape index (κ1) is 16.1. The Kier molecular flexibility index (Phi) is 4.85. The SMILES string of the molecule is NC(=O)c1ccc(NS(=O)(=O)C=Cc2ccccc2Cl)cc1. The number of halogens is 1. The molecule has 1 amide bonds. The predicted molar refractivity (Wildman–Crippen MR) is 88.0 cm³/mol. The minimum absolute atomic E-state index is 0.301. The first-order valence-electron chi connectivity index (χ1n) is 6.23. The summed E-state index contributed by atoms with van der Waals surface area (Å²) < 4.78 is 26.3. The van der Waals surface area contributed by atoms with E-state index in [1.165, 1.54) is 30.3 Å². The van der Waals surface area contributed by atoms with Crippen LogP contribution in [0, 0.1) is 0 Å². The van der Waals surface area contributed by atoms with Crippen molar-refractivity contribution in [2.24, 2.45) is 5.73 Å². The van der Waals surface area contributed by atoms with Gasteiger partial charge in [0.2, 0.25) is 5.91 Å². The van der Waals surface area contributed by atoms with Crippen molar-refractivity contribution in [1.82, 2.24) is 0 Å². The molecular weight excluding hydrogens is 324 g/mol. The number of rotatable bonds is 5. The summed E-state index contributed by atoms with van der Waals surface area (Å²) in [7, 11) is -3.69. The van der Waals surface area contributed by atoms with Crippen molar-refractivity contribution in [3.8, 4) is 0 Å². The number of carbonyl (C=O) groups excluding carboxylic acids is 1. The van der Waals surface area contributed by atoms with Crippen LogP contribution >= 0.6 is 11.6 Å². The number of primary amides is 1. The molecule has 0 aliphatic carbocycles. The van der Waals surface area contributed by atoms with Crippen molar-refractivity contribution in [2.45, 2.75) is 0 Å². The van der Waals surface area contributed by atoms with Gasteiger partial charge in [0.1, 0.15) is 0 Å². The Hall–Kier alpha value is -2.31. The van der Waals surface area contributed by atoms with Crippen LogP contribution in [0.4, 0.5) is 5.69 Å². The Labute approximate surface area is 133 Å². The molecule has 2 aromatic carbocycles. The molecule has 114 valence electrons. The molecule has 3 N–H and O–H groups in total. The van der Waals surface area contributed by atoms with Crippen LogP contribution in [0.5, 0.6) is 0 Å². The first-order valence-corrected chi connectivity index (χ1v) is 8.15. The Morgan fingerprint density at radius 1 is 1.09 bits per heavy atom. The predicted octanol–water partition coefficient (Wildman–Crippen LogP) is 2.85. The van der Waals surface area contributed by atoms with E-state index in [4.69, 9.17) is 17.3 Å². The van der Waals surface area contributed by atoms with Crippen molar-refractivity contribution in [2.75, 3.05) is 4.72 Å². The Balaban J connectivity index is 2.14. The third-order valence-corrected chi connectivity index (χ3v) is 4.12. The van der Waals surface area contributed by atoms with Crippen LogP contribution in [-0.2, 0) is 10.0 Å². The fourth-order valence-corrected chi connectivity index (χ4v) is 2.73. The number of nitrogens with one attached hydrogen (secondary N) is 1. The lowest BCUT2D eigenvalue weighted by molar-refractivity contribution is 0.100. The zero-order valence-corrected chi connectivity index (χ0v) is 12.9. The molecule has 0 bridgehead atoms. The Bertz CT molecular complexity index is 815. The summed E-state index contributed by atoms with van der Waals surface area (Å²) in [5.41, 5.74) is 6.34. The molecule has 2 rings (SSSR count). The maximum atomic E-state index is 12.0. The van der Waals surface area contributed by atoms with Crippen LogP contribution < -0.4 is 10.5 Å². The quantitative estimate of drug-likeness (QED) is 0.879. The second-order valence-electron chi connectivity index (χ2n) is 4.41. The number of anilines is 1. The van der Waals surface area contributed by atoms with E-state index in [9.17, 15) is 13.2 Å². The smallest absolute Gasteiger partial charge is 0.255 e. The lowest BCUT2D eigenvalue weighted by atomic mass is 10.2. The highest BCUT2D eigenvalue weighted by atomic mass is 35.5. The largest absolute Gasteiger partial charge is 0.366 e.